The maximum Gasteiger partial charge on any atom is 0.328 e. The van der Waals surface area contributed by atoms with Crippen LogP contribution in [0.3, 0.4) is 0 Å². The summed E-state index contributed by atoms with van der Waals surface area (Å²) in [7, 11) is 0. The Kier molecular flexibility index (Phi) is 13.2. The predicted molar refractivity (Wildman–Crippen MR) is 180 cm³/mol. The molecule has 2 aromatic carbocycles. The number of hydrogen-bond acceptors (Lipinski definition) is 7. The van der Waals surface area contributed by atoms with Gasteiger partial charge in [-0.3, -0.25) is 14.4 Å². The number of nitrogens with one attached hydrogen (secondary N) is 4. The van der Waals surface area contributed by atoms with E-state index in [1.165, 1.54) is 11.8 Å². The molecule has 254 valence electrons. The predicted octanol–water partition coefficient (Wildman–Crippen LogP) is 3.18. The first-order chi connectivity index (χ1) is 22.1. The first kappa shape index (κ1) is 36.9. The van der Waals surface area contributed by atoms with Crippen molar-refractivity contribution in [3.63, 3.8) is 0 Å². The lowest BCUT2D eigenvalue weighted by atomic mass is 9.92. The van der Waals surface area contributed by atoms with Gasteiger partial charge in [-0.1, -0.05) is 51.1 Å². The quantitative estimate of drug-likeness (QED) is 0.128. The zero-order valence-electron chi connectivity index (χ0n) is 26.9. The fourth-order valence-corrected chi connectivity index (χ4v) is 5.39. The smallest absolute Gasteiger partial charge is 0.328 e. The van der Waals surface area contributed by atoms with E-state index in [9.17, 15) is 34.2 Å². The van der Waals surface area contributed by atoms with Gasteiger partial charge in [0.05, 0.1) is 6.61 Å². The molecule has 1 fully saturated rings. The minimum atomic E-state index is -1.44. The highest BCUT2D eigenvalue weighted by Gasteiger charge is 2.40. The van der Waals surface area contributed by atoms with Crippen molar-refractivity contribution in [2.75, 3.05) is 30.4 Å². The highest BCUT2D eigenvalue weighted by atomic mass is 32.1. The molecule has 0 bridgehead atoms. The fourth-order valence-electron chi connectivity index (χ4n) is 5.16. The lowest BCUT2D eigenvalue weighted by Crippen LogP contribution is -2.52. The number of para-hydroxylation sites is 1. The summed E-state index contributed by atoms with van der Waals surface area (Å²) in [6.45, 7) is 6.58. The van der Waals surface area contributed by atoms with E-state index in [-0.39, 0.29) is 49.7 Å². The van der Waals surface area contributed by atoms with E-state index < -0.39 is 48.5 Å². The molecule has 13 nitrogen and oxygen atoms in total. The van der Waals surface area contributed by atoms with Crippen molar-refractivity contribution in [3.8, 4) is 0 Å². The van der Waals surface area contributed by atoms with Crippen LogP contribution in [0.15, 0.2) is 54.6 Å². The summed E-state index contributed by atoms with van der Waals surface area (Å²) in [6.07, 6.45) is 0.319. The number of carbonyl (C=O) groups is 5. The van der Waals surface area contributed by atoms with Crippen LogP contribution in [0.1, 0.15) is 58.4 Å². The van der Waals surface area contributed by atoms with Gasteiger partial charge in [0, 0.05) is 50.2 Å². The number of ether oxygens (including phenoxy) is 1. The first-order valence-corrected chi connectivity index (χ1v) is 15.7. The lowest BCUT2D eigenvalue weighted by molar-refractivity contribution is -0.146. The number of benzene rings is 2. The number of amides is 3. The molecule has 0 radical (unpaired) electrons. The fraction of sp³-hybridized carbons (Fsp3) is 0.455. The van der Waals surface area contributed by atoms with Crippen LogP contribution in [0.5, 0.6) is 0 Å². The Bertz CT molecular complexity index is 1430. The molecule has 0 aromatic heterocycles. The van der Waals surface area contributed by atoms with E-state index in [2.05, 4.69) is 21.3 Å². The standard InChI is InChI=1S/C33H43N5O8S/c1-20(39)38-18-22(21-10-12-24(13-11-21)35-32(47)34-23-8-6-5-7-9-23)16-27(38)29(41)37-26(31(44)45)19-46-15-14-25(30(42)43)36-28(40)17-33(2,3)4/h5-13,22,25-27H,14-19H2,1-4H3,(H,36,40)(H,37,41)(H,42,43)(H,44,45)(H2,34,35,47). The Balaban J connectivity index is 1.54. The van der Waals surface area contributed by atoms with Gasteiger partial charge in [-0.05, 0) is 53.9 Å². The highest BCUT2D eigenvalue weighted by Crippen LogP contribution is 2.33. The third kappa shape index (κ3) is 12.0. The molecule has 6 N–H and O–H groups in total. The van der Waals surface area contributed by atoms with Crippen LogP contribution in [0, 0.1) is 5.41 Å². The SMILES string of the molecule is CC(=O)N1CC(c2ccc(NC(=S)Nc3ccccc3)cc2)CC1C(=O)NC(COCCC(NC(=O)CC(C)(C)C)C(=O)O)C(=O)O. The van der Waals surface area contributed by atoms with Crippen LogP contribution in [-0.2, 0) is 28.7 Å². The molecular weight excluding hydrogens is 626 g/mol. The monoisotopic (exact) mass is 669 g/mol. The van der Waals surface area contributed by atoms with E-state index in [0.717, 1.165) is 16.9 Å². The summed E-state index contributed by atoms with van der Waals surface area (Å²) >= 11 is 5.38. The van der Waals surface area contributed by atoms with Crippen molar-refractivity contribution in [1.82, 2.24) is 15.5 Å². The second-order valence-electron chi connectivity index (χ2n) is 12.6. The Labute approximate surface area is 279 Å². The second-order valence-corrected chi connectivity index (χ2v) is 13.1. The van der Waals surface area contributed by atoms with Crippen molar-refractivity contribution in [2.45, 2.75) is 71.0 Å². The van der Waals surface area contributed by atoms with Crippen molar-refractivity contribution in [1.29, 1.82) is 0 Å². The maximum atomic E-state index is 13.3. The third-order valence-electron chi connectivity index (χ3n) is 7.45. The first-order valence-electron chi connectivity index (χ1n) is 15.3. The van der Waals surface area contributed by atoms with E-state index in [4.69, 9.17) is 17.0 Å². The molecule has 3 rings (SSSR count). The normalized spacial score (nSPS) is 17.2. The number of rotatable bonds is 14. The van der Waals surface area contributed by atoms with Gasteiger partial charge < -0.3 is 41.1 Å². The van der Waals surface area contributed by atoms with Crippen LogP contribution in [0.2, 0.25) is 0 Å². The van der Waals surface area contributed by atoms with E-state index in [0.29, 0.717) is 5.11 Å². The van der Waals surface area contributed by atoms with Gasteiger partial charge in [-0.15, -0.1) is 0 Å². The molecule has 14 heteroatoms. The number of nitrogens with zero attached hydrogens (tertiary/aromatic N) is 1. The number of aliphatic carboxylic acids is 2. The molecule has 0 aliphatic carbocycles. The van der Waals surface area contributed by atoms with Gasteiger partial charge in [0.25, 0.3) is 0 Å². The van der Waals surface area contributed by atoms with Crippen LogP contribution in [0.25, 0.3) is 0 Å². The van der Waals surface area contributed by atoms with Crippen molar-refractivity contribution < 1.29 is 38.9 Å². The summed E-state index contributed by atoms with van der Waals surface area (Å²) < 4.78 is 5.41. The number of anilines is 2. The highest BCUT2D eigenvalue weighted by molar-refractivity contribution is 7.80. The zero-order chi connectivity index (χ0) is 34.7. The summed E-state index contributed by atoms with van der Waals surface area (Å²) in [5, 5.41) is 30.7. The van der Waals surface area contributed by atoms with Crippen LogP contribution in [-0.4, -0.2) is 87.8 Å². The number of carboxylic acids is 2. The number of carbonyl (C=O) groups excluding carboxylic acids is 3. The van der Waals surface area contributed by atoms with Gasteiger partial charge >= 0.3 is 11.9 Å². The summed E-state index contributed by atoms with van der Waals surface area (Å²) in [4.78, 5) is 62.8. The molecule has 1 aliphatic heterocycles. The molecule has 4 atom stereocenters. The second kappa shape index (κ2) is 16.8. The third-order valence-corrected chi connectivity index (χ3v) is 7.66. The Morgan fingerprint density at radius 1 is 0.915 bits per heavy atom. The maximum absolute atomic E-state index is 13.3. The minimum absolute atomic E-state index is 0.0996. The summed E-state index contributed by atoms with van der Waals surface area (Å²) in [5.74, 6) is -4.13. The van der Waals surface area contributed by atoms with Crippen molar-refractivity contribution in [3.05, 3.63) is 60.2 Å². The molecule has 3 amide bonds. The van der Waals surface area contributed by atoms with Crippen LogP contribution < -0.4 is 21.3 Å². The Morgan fingerprint density at radius 2 is 1.51 bits per heavy atom. The van der Waals surface area contributed by atoms with Gasteiger partial charge in [-0.2, -0.15) is 0 Å². The number of hydrogen-bond donors (Lipinski definition) is 6. The van der Waals surface area contributed by atoms with E-state index in [1.807, 2.05) is 75.4 Å². The largest absolute Gasteiger partial charge is 0.480 e. The zero-order valence-corrected chi connectivity index (χ0v) is 27.8. The lowest BCUT2D eigenvalue weighted by Gasteiger charge is -2.24. The van der Waals surface area contributed by atoms with E-state index >= 15 is 0 Å². The number of thiocarbonyl (C=S) groups is 1. The van der Waals surface area contributed by atoms with Crippen molar-refractivity contribution in [2.24, 2.45) is 5.41 Å². The number of likely N-dealkylation sites (tertiary alicyclic amines) is 1. The van der Waals surface area contributed by atoms with Gasteiger partial charge in [0.1, 0.15) is 12.1 Å². The van der Waals surface area contributed by atoms with Crippen LogP contribution >= 0.6 is 12.2 Å². The van der Waals surface area contributed by atoms with Gasteiger partial charge in [-0.25, -0.2) is 9.59 Å². The average molecular weight is 670 g/mol. The molecule has 1 saturated heterocycles. The Morgan fingerprint density at radius 3 is 2.06 bits per heavy atom. The molecule has 47 heavy (non-hydrogen) atoms. The summed E-state index contributed by atoms with van der Waals surface area (Å²) in [5.41, 5.74) is 2.18. The van der Waals surface area contributed by atoms with Crippen LogP contribution in [0.4, 0.5) is 11.4 Å². The summed E-state index contributed by atoms with van der Waals surface area (Å²) in [6, 6.07) is 13.4. The van der Waals surface area contributed by atoms with Gasteiger partial charge in [0.15, 0.2) is 11.2 Å². The topological polar surface area (TPSA) is 186 Å². The van der Waals surface area contributed by atoms with Gasteiger partial charge in [0.2, 0.25) is 17.7 Å². The van der Waals surface area contributed by atoms with E-state index in [1.54, 1.807) is 0 Å². The molecular formula is C33H43N5O8S. The molecule has 1 heterocycles. The minimum Gasteiger partial charge on any atom is -0.480 e. The molecule has 1 aliphatic rings. The molecule has 0 saturated carbocycles. The number of carboxylic acid groups (broad SMARTS) is 2. The molecule has 0 spiro atoms. The molecule has 2 aromatic rings. The Hall–Kier alpha value is -4.56. The average Bonchev–Trinajstić information content (AvgIpc) is 3.44. The molecule has 4 unspecified atom stereocenters. The van der Waals surface area contributed by atoms with Crippen molar-refractivity contribution >= 4 is 58.4 Å².